The number of carboxylic acids is 2. The fourth-order valence-electron chi connectivity index (χ4n) is 17.4. The van der Waals surface area contributed by atoms with Gasteiger partial charge in [-0.25, -0.2) is 9.59 Å². The molecule has 0 spiro atoms. The van der Waals surface area contributed by atoms with Gasteiger partial charge in [0.15, 0.2) is 56.6 Å². The van der Waals surface area contributed by atoms with E-state index in [1.54, 1.807) is 0 Å². The predicted molar refractivity (Wildman–Crippen MR) is 409 cm³/mol. The van der Waals surface area contributed by atoms with Crippen molar-refractivity contribution in [3.8, 4) is 0 Å². The summed E-state index contributed by atoms with van der Waals surface area (Å²) in [6.45, 7) is -14.5. The highest BCUT2D eigenvalue weighted by Crippen LogP contribution is 2.46. The molecule has 11 saturated heterocycles. The van der Waals surface area contributed by atoms with Crippen LogP contribution in [-0.4, -0.2) is 655 Å². The molecule has 138 heavy (non-hydrogen) atoms. The lowest BCUT2D eigenvalue weighted by molar-refractivity contribution is -0.420. The molecule has 0 aromatic heterocycles. The highest BCUT2D eigenvalue weighted by molar-refractivity contribution is 5.77. The maximum Gasteiger partial charge on any atom is 0.364 e. The number of aliphatic hydroxyl groups excluding tert-OH is 38. The van der Waals surface area contributed by atoms with Crippen LogP contribution in [0.4, 0.5) is 0 Å². The topological polar surface area (TPSA) is 1060 Å². The summed E-state index contributed by atoms with van der Waals surface area (Å²) in [6, 6.07) is 0. The Morgan fingerprint density at radius 3 is 1.02 bits per heavy atom. The fraction of sp³-hybridized carbons (Fsp3) is 0.973. The number of carbonyl (C=O) groups is 2. The van der Waals surface area contributed by atoms with Gasteiger partial charge in [-0.3, -0.25) is 0 Å². The molecule has 0 radical (unpaired) electrons. The van der Waals surface area contributed by atoms with E-state index in [9.17, 15) is 219 Å². The number of rotatable bonds is 39. The summed E-state index contributed by atoms with van der Waals surface area (Å²) in [4.78, 5) is 27.4. The molecule has 0 aromatic carbocycles. The first kappa shape index (κ1) is 115. The first-order valence-electron chi connectivity index (χ1n) is 43.2. The largest absolute Gasteiger partial charge is 0.477 e. The Balaban J connectivity index is 1.03. The summed E-state index contributed by atoms with van der Waals surface area (Å²) < 4.78 is 122. The standard InChI is InChI=1S/C74H124O64/c75-3-15(84)50-39(102)36(99)43(106)64(126-50)118-11-20(89)52-47(110)58(132-70-60(134-65-44(107)34(97)29(92)24(10-82)123-65)38(101)31(94)26(125-70)13-120-63-42(105)33(96)28(91)23(9-81)122-63)48(111)68(128-52)133-59-49(112)69(130-54(17(86)5-77)61(59)135-66-45(108)35(98)30(93)25(124-66)12-119-62-41(104)32(95)27(90)22(8-80)121-62)131-57-21(2-73(117,71(113)114)137-56(57)19(88)7-79)136-74(72(115)116)1-14(83)53(55(138-74)18(87)6-78)129-67-46(109)37(100)40(103)51(127-67)16(85)4-76/h14-70,75-112,117H,1-13H2,(H,113,114)(H,115,116)/t14-,15+,16+,17+,18-,19-,20+,21-,22-,23-,24-,25-,26-,27-,28-,29+,30-,31-,32+,33+,34+,35+,36+,37+,38+,39+,40+,41-,42-,43+,44-,45-,46+,47-,48+,49+,50-,51-,52-,53-,54-,55-,56-,57-,58+,59-,60-,61-,62+,63+,64+,65-,66+,67-,68-,69-,70-,73-,74-/m1/s1. The zero-order valence-electron chi connectivity index (χ0n) is 71.8. The number of aliphatic carboxylic acids is 2. The molecule has 0 amide bonds. The van der Waals surface area contributed by atoms with Crippen molar-refractivity contribution >= 4 is 11.9 Å². The lowest BCUT2D eigenvalue weighted by atomic mass is 9.89. The summed E-state index contributed by atoms with van der Waals surface area (Å²) >= 11 is 0. The molecule has 11 heterocycles. The van der Waals surface area contributed by atoms with Gasteiger partial charge in [-0.1, -0.05) is 0 Å². The smallest absolute Gasteiger partial charge is 0.364 e. The summed E-state index contributed by atoms with van der Waals surface area (Å²) in [6.07, 6.45) is -144. The Labute approximate surface area is 775 Å². The van der Waals surface area contributed by atoms with Crippen LogP contribution in [0, 0.1) is 0 Å². The average molecular weight is 2040 g/mol. The van der Waals surface area contributed by atoms with E-state index in [1.165, 1.54) is 0 Å². The molecule has 11 fully saturated rings. The van der Waals surface area contributed by atoms with Crippen molar-refractivity contribution in [2.24, 2.45) is 0 Å². The summed E-state index contributed by atoms with van der Waals surface area (Å²) in [5.74, 6) is -12.6. The molecule has 11 aliphatic heterocycles. The summed E-state index contributed by atoms with van der Waals surface area (Å²) in [5.41, 5.74) is 0. The average Bonchev–Trinajstić information content (AvgIpc) is 0.741. The van der Waals surface area contributed by atoms with Crippen LogP contribution in [0.2, 0.25) is 0 Å². The number of hydrogen-bond acceptors (Lipinski definition) is 62. The van der Waals surface area contributed by atoms with Gasteiger partial charge in [0.25, 0.3) is 11.6 Å². The van der Waals surface area contributed by atoms with Gasteiger partial charge < -0.3 is 309 Å². The highest BCUT2D eigenvalue weighted by Gasteiger charge is 2.67. The molecule has 11 aliphatic rings. The Kier molecular flexibility index (Phi) is 40.5. The third-order valence-corrected chi connectivity index (χ3v) is 25.5. The van der Waals surface area contributed by atoms with Crippen LogP contribution in [0.3, 0.4) is 0 Å². The lowest BCUT2D eigenvalue weighted by Gasteiger charge is -2.53. The molecule has 0 saturated carbocycles. The van der Waals surface area contributed by atoms with E-state index in [0.29, 0.717) is 0 Å². The van der Waals surface area contributed by atoms with Crippen molar-refractivity contribution in [2.75, 3.05) is 72.7 Å². The second-order valence-electron chi connectivity index (χ2n) is 34.8. The first-order valence-corrected chi connectivity index (χ1v) is 43.2. The Hall–Kier alpha value is -3.46. The minimum absolute atomic E-state index is 1.05. The van der Waals surface area contributed by atoms with E-state index in [2.05, 4.69) is 0 Å². The van der Waals surface area contributed by atoms with Gasteiger partial charge in [0.1, 0.15) is 281 Å². The number of carboxylic acid groups (broad SMARTS) is 2. The van der Waals surface area contributed by atoms with Crippen LogP contribution in [0.1, 0.15) is 12.8 Å². The fourth-order valence-corrected chi connectivity index (χ4v) is 17.4. The molecule has 59 atom stereocenters. The zero-order chi connectivity index (χ0) is 102. The third kappa shape index (κ3) is 24.1. The van der Waals surface area contributed by atoms with E-state index >= 15 is 0 Å². The third-order valence-electron chi connectivity index (χ3n) is 25.5. The second kappa shape index (κ2) is 48.7. The highest BCUT2D eigenvalue weighted by atomic mass is 16.8. The molecule has 0 bridgehead atoms. The van der Waals surface area contributed by atoms with Gasteiger partial charge in [0.2, 0.25) is 0 Å². The maximum atomic E-state index is 14.1. The Morgan fingerprint density at radius 1 is 0.268 bits per heavy atom. The molecular formula is C74H124O64. The quantitative estimate of drug-likeness (QED) is 0.0272. The van der Waals surface area contributed by atoms with Crippen LogP contribution in [-0.2, 0) is 109 Å². The normalized spacial score (nSPS) is 50.3. The van der Waals surface area contributed by atoms with E-state index in [1.807, 2.05) is 0 Å². The van der Waals surface area contributed by atoms with Crippen LogP contribution >= 0.6 is 0 Å². The molecule has 0 unspecified atom stereocenters. The molecule has 0 aliphatic carbocycles. The van der Waals surface area contributed by atoms with Crippen molar-refractivity contribution in [2.45, 2.75) is 374 Å². The Bertz CT molecular complexity index is 3710. The van der Waals surface area contributed by atoms with Crippen LogP contribution in [0.25, 0.3) is 0 Å². The summed E-state index contributed by atoms with van der Waals surface area (Å²) in [7, 11) is 0. The maximum absolute atomic E-state index is 14.1. The van der Waals surface area contributed by atoms with Crippen molar-refractivity contribution in [1.82, 2.24) is 0 Å². The van der Waals surface area contributed by atoms with Crippen LogP contribution < -0.4 is 0 Å². The van der Waals surface area contributed by atoms with Crippen LogP contribution in [0.5, 0.6) is 0 Å². The van der Waals surface area contributed by atoms with Crippen molar-refractivity contribution in [1.29, 1.82) is 0 Å². The predicted octanol–water partition coefficient (Wildman–Crippen LogP) is -27.8. The van der Waals surface area contributed by atoms with Gasteiger partial charge >= 0.3 is 11.9 Å². The minimum Gasteiger partial charge on any atom is -0.477 e. The zero-order valence-corrected chi connectivity index (χ0v) is 71.8. The second-order valence-corrected chi connectivity index (χ2v) is 34.8. The molecule has 64 nitrogen and oxygen atoms in total. The monoisotopic (exact) mass is 2040 g/mol. The number of hydrogen-bond donors (Lipinski definition) is 41. The molecule has 804 valence electrons. The molecule has 0 aromatic rings. The van der Waals surface area contributed by atoms with E-state index in [-0.39, 0.29) is 0 Å². The van der Waals surface area contributed by atoms with Crippen molar-refractivity contribution in [3.05, 3.63) is 0 Å². The summed E-state index contributed by atoms with van der Waals surface area (Å²) in [5, 5.41) is 457. The Morgan fingerprint density at radius 2 is 0.580 bits per heavy atom. The van der Waals surface area contributed by atoms with E-state index in [0.717, 1.165) is 0 Å². The first-order chi connectivity index (χ1) is 65.0. The lowest BCUT2D eigenvalue weighted by Crippen LogP contribution is -2.71. The van der Waals surface area contributed by atoms with Crippen LogP contribution in [0.15, 0.2) is 0 Å². The van der Waals surface area contributed by atoms with Crippen molar-refractivity contribution in [3.63, 3.8) is 0 Å². The number of aliphatic hydroxyl groups is 39. The van der Waals surface area contributed by atoms with Gasteiger partial charge in [0.05, 0.1) is 84.9 Å². The van der Waals surface area contributed by atoms with Gasteiger partial charge in [-0.2, -0.15) is 0 Å². The number of ether oxygens (including phenoxy) is 21. The molecule has 11 rings (SSSR count). The van der Waals surface area contributed by atoms with Gasteiger partial charge in [-0.15, -0.1) is 0 Å². The van der Waals surface area contributed by atoms with Crippen molar-refractivity contribution < 1.29 is 318 Å². The van der Waals surface area contributed by atoms with E-state index < -0.39 is 459 Å². The molecule has 64 heteroatoms. The molecular weight excluding hydrogens is 1910 g/mol. The van der Waals surface area contributed by atoms with E-state index in [4.69, 9.17) is 99.5 Å². The molecule has 41 N–H and O–H groups in total. The SMILES string of the molecule is O=C(O)[C@@]1(O[C@@H]2C[C@](O)(C(=O)O)O[C@H]([C@H](O)CO)[C@@H]2O[C@H]2O[C@H]([C@@H](O)CO)[C@@H](O[C@@H]3O[C@H](CO[C@H]4O[C@H](CO)[C@@H](O)[C@H](O)[C@H]4O)[C@@H](O)[C@H](O)[C@H]3O)[C@H](O[C@H]3O[C@H]([C@@H](O)CO[C@H]4O[C@H]([C@@H](O)CO)[C@@H](O)[C@H](O)[C@@H]4O)[C@@H](O)[C@H](O[C@H]4O[C@H](CO[C@H]5O[C@H](CO)[C@@H](O)[C@H](O)[C@H]5O)[C@@H](O)[C@H](O)[C@H]4O[C@H]4O[C@H](CO)[C@H](O)[C@H](O)[C@H]4O)[C@@H]3O)[C@@H]2O)C[C@@H](O)[C@@H](O[C@H]2O[C@H]([C@@H](O)CO)[C@@H](O)[C@H](O)[C@@H]2O)[C@@H]([C@H](O)CO)O1. The van der Waals surface area contributed by atoms with Gasteiger partial charge in [-0.05, 0) is 0 Å². The minimum atomic E-state index is -3.89. The van der Waals surface area contributed by atoms with Gasteiger partial charge in [0, 0.05) is 12.8 Å².